The third-order valence-electron chi connectivity index (χ3n) is 3.55. The highest BCUT2D eigenvalue weighted by Gasteiger charge is 2.21. The first-order valence-electron chi connectivity index (χ1n) is 6.90. The normalized spacial score (nSPS) is 15.1. The molecule has 4 nitrogen and oxygen atoms in total. The molecule has 2 rings (SSSR count). The second-order valence-corrected chi connectivity index (χ2v) is 5.96. The lowest BCUT2D eigenvalue weighted by molar-refractivity contribution is -0.123. The zero-order valence-corrected chi connectivity index (χ0v) is 13.1. The van der Waals surface area contributed by atoms with Crippen LogP contribution >= 0.6 is 15.9 Å². The van der Waals surface area contributed by atoms with Crippen LogP contribution in [0.2, 0.25) is 0 Å². The number of hydrogen-bond acceptors (Lipinski definition) is 2. The Morgan fingerprint density at radius 3 is 2.55 bits per heavy atom. The minimum absolute atomic E-state index is 0.0639. The Hall–Kier alpha value is -1.36. The fourth-order valence-electron chi connectivity index (χ4n) is 2.52. The largest absolute Gasteiger partial charge is 0.352 e. The minimum atomic E-state index is -0.140. The number of rotatable bonds is 4. The Balaban J connectivity index is 2.04. The van der Waals surface area contributed by atoms with E-state index >= 15 is 0 Å². The van der Waals surface area contributed by atoms with E-state index in [4.69, 9.17) is 0 Å². The van der Waals surface area contributed by atoms with Gasteiger partial charge in [-0.3, -0.25) is 9.59 Å². The van der Waals surface area contributed by atoms with Crippen molar-refractivity contribution in [2.24, 2.45) is 0 Å². The van der Waals surface area contributed by atoms with Crippen molar-refractivity contribution in [2.75, 3.05) is 11.4 Å². The van der Waals surface area contributed by atoms with Crippen LogP contribution in [0.3, 0.4) is 0 Å². The van der Waals surface area contributed by atoms with Crippen LogP contribution in [0.25, 0.3) is 0 Å². The van der Waals surface area contributed by atoms with Crippen molar-refractivity contribution >= 4 is 33.4 Å². The second-order valence-electron chi connectivity index (χ2n) is 5.11. The zero-order valence-electron chi connectivity index (χ0n) is 11.6. The van der Waals surface area contributed by atoms with Gasteiger partial charge >= 0.3 is 0 Å². The Morgan fingerprint density at radius 1 is 1.30 bits per heavy atom. The molecule has 0 saturated heterocycles. The summed E-state index contributed by atoms with van der Waals surface area (Å²) in [4.78, 5) is 25.4. The number of nitrogens with zero attached hydrogens (tertiary/aromatic N) is 1. The van der Waals surface area contributed by atoms with Crippen molar-refractivity contribution < 1.29 is 9.59 Å². The molecule has 0 unspecified atom stereocenters. The average molecular weight is 339 g/mol. The molecule has 1 aliphatic rings. The van der Waals surface area contributed by atoms with Gasteiger partial charge in [-0.15, -0.1) is 0 Å². The van der Waals surface area contributed by atoms with E-state index in [1.165, 1.54) is 24.7 Å². The maximum atomic E-state index is 12.1. The molecule has 1 saturated carbocycles. The number of halogens is 1. The molecule has 0 heterocycles. The highest BCUT2D eigenvalue weighted by Crippen LogP contribution is 2.25. The van der Waals surface area contributed by atoms with E-state index in [2.05, 4.69) is 21.2 Å². The summed E-state index contributed by atoms with van der Waals surface area (Å²) < 4.78 is 0.809. The highest BCUT2D eigenvalue weighted by atomic mass is 79.9. The molecular formula is C15H19BrN2O2. The van der Waals surface area contributed by atoms with E-state index in [1.54, 1.807) is 0 Å². The smallest absolute Gasteiger partial charge is 0.240 e. The van der Waals surface area contributed by atoms with E-state index in [0.29, 0.717) is 0 Å². The number of carbonyl (C=O) groups is 2. The van der Waals surface area contributed by atoms with Crippen LogP contribution in [0, 0.1) is 0 Å². The van der Waals surface area contributed by atoms with E-state index < -0.39 is 0 Å². The van der Waals surface area contributed by atoms with Crippen molar-refractivity contribution in [3.8, 4) is 0 Å². The number of nitrogens with one attached hydrogen (secondary N) is 1. The summed E-state index contributed by atoms with van der Waals surface area (Å²) in [5, 5.41) is 3.01. The lowest BCUT2D eigenvalue weighted by Gasteiger charge is -2.23. The number of anilines is 1. The van der Waals surface area contributed by atoms with Gasteiger partial charge in [-0.2, -0.15) is 0 Å². The third kappa shape index (κ3) is 3.82. The van der Waals surface area contributed by atoms with Gasteiger partial charge in [0, 0.05) is 17.4 Å². The standard InChI is InChI=1S/C15H19BrN2O2/c1-11(19)18(14-9-5-4-8-13(14)16)10-15(20)17-12-6-2-3-7-12/h4-5,8-9,12H,2-3,6-7,10H2,1H3,(H,17,20). The monoisotopic (exact) mass is 338 g/mol. The first-order valence-corrected chi connectivity index (χ1v) is 7.69. The summed E-state index contributed by atoms with van der Waals surface area (Å²) in [7, 11) is 0. The molecule has 20 heavy (non-hydrogen) atoms. The number of amides is 2. The molecule has 2 amide bonds. The molecule has 0 spiro atoms. The molecule has 0 aromatic heterocycles. The fraction of sp³-hybridized carbons (Fsp3) is 0.467. The number of para-hydroxylation sites is 1. The molecule has 1 N–H and O–H groups in total. The van der Waals surface area contributed by atoms with E-state index in [1.807, 2.05) is 24.3 Å². The zero-order chi connectivity index (χ0) is 14.5. The van der Waals surface area contributed by atoms with Crippen LogP contribution in [0.1, 0.15) is 32.6 Å². The number of hydrogen-bond donors (Lipinski definition) is 1. The summed E-state index contributed by atoms with van der Waals surface area (Å²) in [6.45, 7) is 1.54. The molecule has 0 radical (unpaired) electrons. The molecule has 1 aliphatic carbocycles. The summed E-state index contributed by atoms with van der Waals surface area (Å²) >= 11 is 3.42. The maximum absolute atomic E-state index is 12.1. The van der Waals surface area contributed by atoms with Crippen LogP contribution in [0.15, 0.2) is 28.7 Å². The molecule has 0 atom stereocenters. The van der Waals surface area contributed by atoms with Gasteiger partial charge in [0.05, 0.1) is 5.69 Å². The van der Waals surface area contributed by atoms with Gasteiger partial charge in [-0.05, 0) is 40.9 Å². The predicted molar refractivity (Wildman–Crippen MR) is 82.6 cm³/mol. The Kier molecular flexibility index (Phi) is 5.17. The summed E-state index contributed by atoms with van der Waals surface area (Å²) in [5.41, 5.74) is 0.724. The molecule has 1 aromatic rings. The fourth-order valence-corrected chi connectivity index (χ4v) is 3.02. The van der Waals surface area contributed by atoms with Crippen molar-refractivity contribution in [1.29, 1.82) is 0 Å². The molecule has 0 aliphatic heterocycles. The molecule has 5 heteroatoms. The minimum Gasteiger partial charge on any atom is -0.352 e. The SMILES string of the molecule is CC(=O)N(CC(=O)NC1CCCC1)c1ccccc1Br. The van der Waals surface area contributed by atoms with Gasteiger partial charge in [-0.1, -0.05) is 25.0 Å². The number of carbonyl (C=O) groups excluding carboxylic acids is 2. The van der Waals surface area contributed by atoms with Crippen LogP contribution in [-0.4, -0.2) is 24.4 Å². The molecular weight excluding hydrogens is 320 g/mol. The van der Waals surface area contributed by atoms with Gasteiger partial charge in [-0.25, -0.2) is 0 Å². The van der Waals surface area contributed by atoms with Crippen molar-refractivity contribution in [3.63, 3.8) is 0 Å². The summed E-state index contributed by atoms with van der Waals surface area (Å²) in [6, 6.07) is 7.69. The van der Waals surface area contributed by atoms with Gasteiger partial charge in [0.2, 0.25) is 11.8 Å². The van der Waals surface area contributed by atoms with Crippen LogP contribution < -0.4 is 10.2 Å². The Bertz CT molecular complexity index is 498. The van der Waals surface area contributed by atoms with Gasteiger partial charge in [0.25, 0.3) is 0 Å². The van der Waals surface area contributed by atoms with Gasteiger partial charge in [0.15, 0.2) is 0 Å². The van der Waals surface area contributed by atoms with E-state index in [0.717, 1.165) is 23.0 Å². The van der Waals surface area contributed by atoms with Crippen LogP contribution in [0.4, 0.5) is 5.69 Å². The van der Waals surface area contributed by atoms with Gasteiger partial charge < -0.3 is 10.2 Å². The molecule has 1 fully saturated rings. The quantitative estimate of drug-likeness (QED) is 0.917. The molecule has 1 aromatic carbocycles. The third-order valence-corrected chi connectivity index (χ3v) is 4.22. The molecule has 0 bridgehead atoms. The van der Waals surface area contributed by atoms with Gasteiger partial charge in [0.1, 0.15) is 6.54 Å². The Morgan fingerprint density at radius 2 is 1.95 bits per heavy atom. The summed E-state index contributed by atoms with van der Waals surface area (Å²) in [5.74, 6) is -0.235. The lowest BCUT2D eigenvalue weighted by atomic mass is 10.2. The van der Waals surface area contributed by atoms with Crippen molar-refractivity contribution in [1.82, 2.24) is 5.32 Å². The second kappa shape index (κ2) is 6.88. The first kappa shape index (κ1) is 15.0. The molecule has 108 valence electrons. The van der Waals surface area contributed by atoms with Crippen molar-refractivity contribution in [2.45, 2.75) is 38.6 Å². The summed E-state index contributed by atoms with van der Waals surface area (Å²) in [6.07, 6.45) is 4.43. The van der Waals surface area contributed by atoms with E-state index in [9.17, 15) is 9.59 Å². The van der Waals surface area contributed by atoms with E-state index in [-0.39, 0.29) is 24.4 Å². The number of benzene rings is 1. The Labute approximate surface area is 127 Å². The van der Waals surface area contributed by atoms with Crippen molar-refractivity contribution in [3.05, 3.63) is 28.7 Å². The highest BCUT2D eigenvalue weighted by molar-refractivity contribution is 9.10. The topological polar surface area (TPSA) is 49.4 Å². The lowest BCUT2D eigenvalue weighted by Crippen LogP contribution is -2.43. The maximum Gasteiger partial charge on any atom is 0.240 e. The predicted octanol–water partition coefficient (Wildman–Crippen LogP) is 2.86. The van der Waals surface area contributed by atoms with Crippen LogP contribution in [-0.2, 0) is 9.59 Å². The first-order chi connectivity index (χ1) is 9.58. The van der Waals surface area contributed by atoms with Crippen LogP contribution in [0.5, 0.6) is 0 Å². The average Bonchev–Trinajstić information content (AvgIpc) is 2.89.